The standard InChI is InChI=1S/C9H16F3NO/c10-9(11,12)7-14-6-3-8-1-4-13-5-2-8/h8,13H,1-7H2. The van der Waals surface area contributed by atoms with Gasteiger partial charge in [0.05, 0.1) is 0 Å². The fourth-order valence-electron chi connectivity index (χ4n) is 1.61. The molecule has 84 valence electrons. The second-order valence-electron chi connectivity index (χ2n) is 3.65. The Balaban J connectivity index is 1.97. The fraction of sp³-hybridized carbons (Fsp3) is 1.00. The lowest BCUT2D eigenvalue weighted by Crippen LogP contribution is -2.28. The summed E-state index contributed by atoms with van der Waals surface area (Å²) in [6.07, 6.45) is -1.34. The minimum Gasteiger partial charge on any atom is -0.372 e. The molecule has 0 aromatic carbocycles. The predicted octanol–water partition coefficient (Wildman–Crippen LogP) is 1.95. The molecule has 1 fully saturated rings. The second-order valence-corrected chi connectivity index (χ2v) is 3.65. The molecule has 2 nitrogen and oxygen atoms in total. The minimum absolute atomic E-state index is 0.226. The molecule has 1 N–H and O–H groups in total. The van der Waals surface area contributed by atoms with Crippen LogP contribution in [-0.4, -0.2) is 32.5 Å². The number of nitrogens with one attached hydrogen (secondary N) is 1. The number of hydrogen-bond acceptors (Lipinski definition) is 2. The van der Waals surface area contributed by atoms with Crippen molar-refractivity contribution in [2.75, 3.05) is 26.3 Å². The van der Waals surface area contributed by atoms with Gasteiger partial charge in [-0.1, -0.05) is 0 Å². The van der Waals surface area contributed by atoms with Gasteiger partial charge in [0.2, 0.25) is 0 Å². The smallest absolute Gasteiger partial charge is 0.372 e. The van der Waals surface area contributed by atoms with Gasteiger partial charge in [-0.25, -0.2) is 0 Å². The van der Waals surface area contributed by atoms with E-state index < -0.39 is 12.8 Å². The van der Waals surface area contributed by atoms with Crippen molar-refractivity contribution in [3.8, 4) is 0 Å². The van der Waals surface area contributed by atoms with E-state index in [-0.39, 0.29) is 6.61 Å². The first-order chi connectivity index (χ1) is 6.58. The van der Waals surface area contributed by atoms with Crippen LogP contribution in [0.15, 0.2) is 0 Å². The van der Waals surface area contributed by atoms with Crippen molar-refractivity contribution in [3.63, 3.8) is 0 Å². The van der Waals surface area contributed by atoms with Crippen molar-refractivity contribution in [1.29, 1.82) is 0 Å². The van der Waals surface area contributed by atoms with Crippen LogP contribution in [0.3, 0.4) is 0 Å². The highest BCUT2D eigenvalue weighted by molar-refractivity contribution is 4.68. The Morgan fingerprint density at radius 3 is 2.43 bits per heavy atom. The monoisotopic (exact) mass is 211 g/mol. The number of piperidine rings is 1. The van der Waals surface area contributed by atoms with Crippen LogP contribution in [0.1, 0.15) is 19.3 Å². The van der Waals surface area contributed by atoms with E-state index in [2.05, 4.69) is 10.1 Å². The molecule has 0 spiro atoms. The van der Waals surface area contributed by atoms with Gasteiger partial charge in [0, 0.05) is 6.61 Å². The van der Waals surface area contributed by atoms with Gasteiger partial charge in [0.25, 0.3) is 0 Å². The normalized spacial score (nSPS) is 19.9. The van der Waals surface area contributed by atoms with Gasteiger partial charge in [0.15, 0.2) is 0 Å². The lowest BCUT2D eigenvalue weighted by Gasteiger charge is -2.22. The van der Waals surface area contributed by atoms with E-state index in [0.717, 1.165) is 32.4 Å². The van der Waals surface area contributed by atoms with Crippen LogP contribution in [0.25, 0.3) is 0 Å². The summed E-state index contributed by atoms with van der Waals surface area (Å²) in [6.45, 7) is 1.07. The van der Waals surface area contributed by atoms with E-state index in [1.807, 2.05) is 0 Å². The molecule has 0 unspecified atom stereocenters. The summed E-state index contributed by atoms with van der Waals surface area (Å²) >= 11 is 0. The first kappa shape index (κ1) is 11.8. The maximum Gasteiger partial charge on any atom is 0.411 e. The van der Waals surface area contributed by atoms with Crippen molar-refractivity contribution in [1.82, 2.24) is 5.32 Å². The largest absolute Gasteiger partial charge is 0.411 e. The Morgan fingerprint density at radius 1 is 1.21 bits per heavy atom. The van der Waals surface area contributed by atoms with Gasteiger partial charge in [-0.15, -0.1) is 0 Å². The first-order valence-corrected chi connectivity index (χ1v) is 4.93. The lowest BCUT2D eigenvalue weighted by atomic mass is 9.95. The highest BCUT2D eigenvalue weighted by Gasteiger charge is 2.27. The van der Waals surface area contributed by atoms with Gasteiger partial charge >= 0.3 is 6.18 Å². The molecule has 0 amide bonds. The summed E-state index contributed by atoms with van der Waals surface area (Å²) in [7, 11) is 0. The molecule has 0 radical (unpaired) electrons. The Kier molecular flexibility index (Phi) is 4.68. The Bertz CT molecular complexity index is 155. The maximum atomic E-state index is 11.7. The predicted molar refractivity (Wildman–Crippen MR) is 47.1 cm³/mol. The van der Waals surface area contributed by atoms with Crippen LogP contribution in [0.5, 0.6) is 0 Å². The zero-order valence-corrected chi connectivity index (χ0v) is 8.07. The summed E-state index contributed by atoms with van der Waals surface area (Å²) in [4.78, 5) is 0. The molecule has 0 aliphatic carbocycles. The topological polar surface area (TPSA) is 21.3 Å². The van der Waals surface area contributed by atoms with E-state index in [4.69, 9.17) is 0 Å². The zero-order valence-electron chi connectivity index (χ0n) is 8.07. The SMILES string of the molecule is FC(F)(F)COCCC1CCNCC1. The zero-order chi connectivity index (χ0) is 10.4. The molecule has 0 atom stereocenters. The van der Waals surface area contributed by atoms with Crippen molar-refractivity contribution in [2.45, 2.75) is 25.4 Å². The van der Waals surface area contributed by atoms with Crippen molar-refractivity contribution in [3.05, 3.63) is 0 Å². The summed E-state index contributed by atoms with van der Waals surface area (Å²) in [5.41, 5.74) is 0. The van der Waals surface area contributed by atoms with Crippen LogP contribution < -0.4 is 5.32 Å². The van der Waals surface area contributed by atoms with Gasteiger partial charge < -0.3 is 10.1 Å². The van der Waals surface area contributed by atoms with Crippen LogP contribution in [-0.2, 0) is 4.74 Å². The summed E-state index contributed by atoms with van der Waals surface area (Å²) in [5.74, 6) is 0.532. The molecule has 1 aliphatic rings. The summed E-state index contributed by atoms with van der Waals surface area (Å²) in [6, 6.07) is 0. The molecular formula is C9H16F3NO. The number of alkyl halides is 3. The number of ether oxygens (including phenoxy) is 1. The fourth-order valence-corrected chi connectivity index (χ4v) is 1.61. The van der Waals surface area contributed by atoms with Crippen LogP contribution in [0.2, 0.25) is 0 Å². The average Bonchev–Trinajstić information content (AvgIpc) is 2.13. The molecule has 1 heterocycles. The minimum atomic E-state index is -4.19. The Hall–Kier alpha value is -0.290. The summed E-state index contributed by atoms with van der Waals surface area (Å²) in [5, 5.41) is 3.21. The number of hydrogen-bond donors (Lipinski definition) is 1. The molecule has 1 saturated heterocycles. The highest BCUT2D eigenvalue weighted by Crippen LogP contribution is 2.18. The first-order valence-electron chi connectivity index (χ1n) is 4.93. The molecule has 0 saturated carbocycles. The van der Waals surface area contributed by atoms with Crippen molar-refractivity contribution < 1.29 is 17.9 Å². The van der Waals surface area contributed by atoms with Crippen LogP contribution >= 0.6 is 0 Å². The van der Waals surface area contributed by atoms with Gasteiger partial charge in [-0.05, 0) is 38.3 Å². The molecular weight excluding hydrogens is 195 g/mol. The highest BCUT2D eigenvalue weighted by atomic mass is 19.4. The number of rotatable bonds is 4. The average molecular weight is 211 g/mol. The molecule has 0 aromatic rings. The van der Waals surface area contributed by atoms with Gasteiger partial charge in [-0.2, -0.15) is 13.2 Å². The van der Waals surface area contributed by atoms with Gasteiger partial charge in [0.1, 0.15) is 6.61 Å². The third-order valence-corrected chi connectivity index (χ3v) is 2.39. The number of halogens is 3. The van der Waals surface area contributed by atoms with E-state index >= 15 is 0 Å². The third-order valence-electron chi connectivity index (χ3n) is 2.39. The van der Waals surface area contributed by atoms with Crippen molar-refractivity contribution >= 4 is 0 Å². The Labute approximate surface area is 81.8 Å². The van der Waals surface area contributed by atoms with Crippen LogP contribution in [0.4, 0.5) is 13.2 Å². The Morgan fingerprint density at radius 2 is 1.86 bits per heavy atom. The summed E-state index contributed by atoms with van der Waals surface area (Å²) < 4.78 is 39.6. The molecule has 1 rings (SSSR count). The van der Waals surface area contributed by atoms with E-state index in [0.29, 0.717) is 5.92 Å². The third kappa shape index (κ3) is 5.44. The second kappa shape index (κ2) is 5.56. The molecule has 1 aliphatic heterocycles. The molecule has 0 aromatic heterocycles. The van der Waals surface area contributed by atoms with E-state index in [1.54, 1.807) is 0 Å². The van der Waals surface area contributed by atoms with E-state index in [1.165, 1.54) is 0 Å². The maximum absolute atomic E-state index is 11.7. The van der Waals surface area contributed by atoms with Crippen LogP contribution in [0, 0.1) is 5.92 Å². The molecule has 14 heavy (non-hydrogen) atoms. The quantitative estimate of drug-likeness (QED) is 0.718. The van der Waals surface area contributed by atoms with E-state index in [9.17, 15) is 13.2 Å². The lowest BCUT2D eigenvalue weighted by molar-refractivity contribution is -0.174. The van der Waals surface area contributed by atoms with Gasteiger partial charge in [-0.3, -0.25) is 0 Å². The molecule has 5 heteroatoms. The van der Waals surface area contributed by atoms with Crippen molar-refractivity contribution in [2.24, 2.45) is 5.92 Å². The molecule has 0 bridgehead atoms.